The minimum Gasteiger partial charge on any atom is -0.304 e. The van der Waals surface area contributed by atoms with Crippen LogP contribution in [0.5, 0.6) is 0 Å². The maximum absolute atomic E-state index is 4.82. The van der Waals surface area contributed by atoms with Crippen LogP contribution in [0.1, 0.15) is 27.1 Å². The Kier molecular flexibility index (Phi) is 2.69. The van der Waals surface area contributed by atoms with Crippen molar-refractivity contribution in [2.75, 3.05) is 6.54 Å². The number of fused-ring (bicyclic) bond motifs is 2. The molecule has 0 radical (unpaired) electrons. The van der Waals surface area contributed by atoms with Gasteiger partial charge in [-0.05, 0) is 48.1 Å². The van der Waals surface area contributed by atoms with E-state index in [1.54, 1.807) is 0 Å². The van der Waals surface area contributed by atoms with Crippen LogP contribution in [0.4, 0.5) is 0 Å². The number of aryl methyl sites for hydroxylation is 1. The molecule has 1 atom stereocenters. The lowest BCUT2D eigenvalue weighted by atomic mass is 10.0. The molecule has 0 amide bonds. The molecule has 3 heterocycles. The number of hydrogen-bond donors (Lipinski definition) is 1. The smallest absolute Gasteiger partial charge is 0.115 e. The molecule has 0 bridgehead atoms. The number of aromatic nitrogens is 1. The van der Waals surface area contributed by atoms with Gasteiger partial charge in [0.15, 0.2) is 0 Å². The molecule has 0 saturated heterocycles. The molecule has 0 saturated carbocycles. The average Bonchev–Trinajstić information content (AvgIpc) is 3.03. The third-order valence-corrected chi connectivity index (χ3v) is 5.68. The molecule has 2 aromatic heterocycles. The molecule has 4 rings (SSSR count). The number of hydrogen-bond acceptors (Lipinski definition) is 4. The fourth-order valence-corrected chi connectivity index (χ4v) is 4.73. The highest BCUT2D eigenvalue weighted by Gasteiger charge is 2.24. The van der Waals surface area contributed by atoms with Crippen molar-refractivity contribution >= 4 is 32.9 Å². The van der Waals surface area contributed by atoms with Gasteiger partial charge in [-0.15, -0.1) is 22.7 Å². The summed E-state index contributed by atoms with van der Waals surface area (Å²) in [5, 5.41) is 7.00. The summed E-state index contributed by atoms with van der Waals surface area (Å²) in [4.78, 5) is 6.33. The first-order valence-corrected chi connectivity index (χ1v) is 8.17. The first-order chi connectivity index (χ1) is 9.31. The molecule has 1 N–H and O–H groups in total. The number of rotatable bonds is 1. The maximum atomic E-state index is 4.82. The minimum absolute atomic E-state index is 0.285. The molecule has 0 spiro atoms. The van der Waals surface area contributed by atoms with Crippen LogP contribution in [-0.2, 0) is 6.42 Å². The van der Waals surface area contributed by atoms with Crippen molar-refractivity contribution in [3.63, 3.8) is 0 Å². The van der Waals surface area contributed by atoms with Gasteiger partial charge in [0.05, 0.1) is 16.3 Å². The number of thiazole rings is 1. The molecule has 2 nitrogen and oxygen atoms in total. The van der Waals surface area contributed by atoms with Crippen molar-refractivity contribution in [2.45, 2.75) is 19.4 Å². The predicted octanol–water partition coefficient (Wildman–Crippen LogP) is 3.90. The van der Waals surface area contributed by atoms with Crippen LogP contribution in [0, 0.1) is 6.92 Å². The minimum atomic E-state index is 0.285. The number of nitrogens with zero attached hydrogens (tertiary/aromatic N) is 1. The Morgan fingerprint density at radius 3 is 3.21 bits per heavy atom. The lowest BCUT2D eigenvalue weighted by Crippen LogP contribution is -2.29. The summed E-state index contributed by atoms with van der Waals surface area (Å²) in [5.41, 5.74) is 3.84. The van der Waals surface area contributed by atoms with Crippen molar-refractivity contribution < 1.29 is 0 Å². The zero-order valence-corrected chi connectivity index (χ0v) is 12.3. The Labute approximate surface area is 120 Å². The Balaban J connectivity index is 1.83. The van der Waals surface area contributed by atoms with Crippen molar-refractivity contribution in [3.8, 4) is 0 Å². The summed E-state index contributed by atoms with van der Waals surface area (Å²) in [6, 6.07) is 9.02. The first-order valence-electron chi connectivity index (χ1n) is 6.48. The summed E-state index contributed by atoms with van der Waals surface area (Å²) in [6.45, 7) is 3.18. The van der Waals surface area contributed by atoms with Crippen molar-refractivity contribution in [2.24, 2.45) is 0 Å². The van der Waals surface area contributed by atoms with Crippen molar-refractivity contribution in [1.29, 1.82) is 0 Å². The van der Waals surface area contributed by atoms with E-state index >= 15 is 0 Å². The topological polar surface area (TPSA) is 24.9 Å². The fourth-order valence-electron chi connectivity index (χ4n) is 2.64. The largest absolute Gasteiger partial charge is 0.304 e. The van der Waals surface area contributed by atoms with Crippen LogP contribution in [0.2, 0.25) is 0 Å². The van der Waals surface area contributed by atoms with Crippen LogP contribution in [0.25, 0.3) is 10.2 Å². The van der Waals surface area contributed by atoms with Crippen LogP contribution >= 0.6 is 22.7 Å². The summed E-state index contributed by atoms with van der Waals surface area (Å²) >= 11 is 3.69. The lowest BCUT2D eigenvalue weighted by molar-refractivity contribution is 0.573. The molecule has 0 fully saturated rings. The van der Waals surface area contributed by atoms with Crippen LogP contribution in [0.15, 0.2) is 29.6 Å². The van der Waals surface area contributed by atoms with E-state index in [2.05, 4.69) is 41.9 Å². The lowest BCUT2D eigenvalue weighted by Gasteiger charge is -2.22. The van der Waals surface area contributed by atoms with Gasteiger partial charge in [-0.3, -0.25) is 0 Å². The van der Waals surface area contributed by atoms with Gasteiger partial charge >= 0.3 is 0 Å². The fraction of sp³-hybridized carbons (Fsp3) is 0.267. The zero-order valence-electron chi connectivity index (χ0n) is 10.6. The maximum Gasteiger partial charge on any atom is 0.115 e. The second-order valence-corrected chi connectivity index (χ2v) is 7.02. The molecule has 19 heavy (non-hydrogen) atoms. The van der Waals surface area contributed by atoms with E-state index in [9.17, 15) is 0 Å². The van der Waals surface area contributed by atoms with Gasteiger partial charge in [-0.2, -0.15) is 0 Å². The molecule has 1 aliphatic heterocycles. The zero-order chi connectivity index (χ0) is 12.8. The van der Waals surface area contributed by atoms with Gasteiger partial charge in [0, 0.05) is 11.4 Å². The van der Waals surface area contributed by atoms with E-state index in [1.165, 1.54) is 25.7 Å². The molecule has 3 aromatic rings. The highest BCUT2D eigenvalue weighted by molar-refractivity contribution is 7.18. The molecule has 96 valence electrons. The average molecular weight is 286 g/mol. The molecule has 1 unspecified atom stereocenters. The molecular weight excluding hydrogens is 272 g/mol. The van der Waals surface area contributed by atoms with Crippen LogP contribution in [-0.4, -0.2) is 11.5 Å². The van der Waals surface area contributed by atoms with Crippen LogP contribution in [0.3, 0.4) is 0 Å². The second-order valence-electron chi connectivity index (χ2n) is 4.96. The Bertz CT molecular complexity index is 742. The molecular formula is C15H14N2S2. The standard InChI is InChI=1S/C15H14N2S2/c1-9-2-3-11-13(8-9)19-15(17-11)14-10-5-7-18-12(10)4-6-16-14/h2-3,5,7-8,14,16H,4,6H2,1H3. The highest BCUT2D eigenvalue weighted by Crippen LogP contribution is 2.35. The monoisotopic (exact) mass is 286 g/mol. The summed E-state index contributed by atoms with van der Waals surface area (Å²) in [7, 11) is 0. The molecule has 1 aliphatic rings. The van der Waals surface area contributed by atoms with Gasteiger partial charge in [0.1, 0.15) is 5.01 Å². The van der Waals surface area contributed by atoms with Crippen LogP contribution < -0.4 is 5.32 Å². The first kappa shape index (κ1) is 11.6. The Morgan fingerprint density at radius 2 is 2.26 bits per heavy atom. The Hall–Kier alpha value is -1.23. The van der Waals surface area contributed by atoms with Crippen molar-refractivity contribution in [1.82, 2.24) is 10.3 Å². The Morgan fingerprint density at radius 1 is 1.32 bits per heavy atom. The molecule has 0 aliphatic carbocycles. The third kappa shape index (κ3) is 1.91. The van der Waals surface area contributed by atoms with Gasteiger partial charge < -0.3 is 5.32 Å². The van der Waals surface area contributed by atoms with Crippen molar-refractivity contribution in [3.05, 3.63) is 50.7 Å². The molecule has 4 heteroatoms. The van der Waals surface area contributed by atoms with E-state index in [-0.39, 0.29) is 6.04 Å². The van der Waals surface area contributed by atoms with Gasteiger partial charge in [-0.1, -0.05) is 6.07 Å². The van der Waals surface area contributed by atoms with E-state index < -0.39 is 0 Å². The quantitative estimate of drug-likeness (QED) is 0.734. The summed E-state index contributed by atoms with van der Waals surface area (Å²) < 4.78 is 1.29. The van der Waals surface area contributed by atoms with E-state index in [0.29, 0.717) is 0 Å². The van der Waals surface area contributed by atoms with E-state index in [0.717, 1.165) is 18.5 Å². The predicted molar refractivity (Wildman–Crippen MR) is 82.2 cm³/mol. The number of nitrogens with one attached hydrogen (secondary N) is 1. The SMILES string of the molecule is Cc1ccc2nc(C3NCCc4sccc43)sc2c1. The van der Waals surface area contributed by atoms with Gasteiger partial charge in [0.25, 0.3) is 0 Å². The summed E-state index contributed by atoms with van der Waals surface area (Å²) in [5.74, 6) is 0. The number of benzene rings is 1. The summed E-state index contributed by atoms with van der Waals surface area (Å²) in [6.07, 6.45) is 1.15. The van der Waals surface area contributed by atoms with Gasteiger partial charge in [0.2, 0.25) is 0 Å². The normalized spacial score (nSPS) is 18.7. The molecule has 1 aromatic carbocycles. The second kappa shape index (κ2) is 4.40. The van der Waals surface area contributed by atoms with E-state index in [4.69, 9.17) is 4.98 Å². The van der Waals surface area contributed by atoms with Gasteiger partial charge in [-0.25, -0.2) is 4.98 Å². The van der Waals surface area contributed by atoms with E-state index in [1.807, 2.05) is 22.7 Å². The number of thiophene rings is 1. The highest BCUT2D eigenvalue weighted by atomic mass is 32.1. The third-order valence-electron chi connectivity index (χ3n) is 3.60.